The van der Waals surface area contributed by atoms with Crippen molar-refractivity contribution in [1.29, 1.82) is 0 Å². The number of ether oxygens (including phenoxy) is 1. The highest BCUT2D eigenvalue weighted by Gasteiger charge is 2.22. The van der Waals surface area contributed by atoms with E-state index < -0.39 is 0 Å². The highest BCUT2D eigenvalue weighted by molar-refractivity contribution is 6.32. The summed E-state index contributed by atoms with van der Waals surface area (Å²) in [5.41, 5.74) is 1.85. The van der Waals surface area contributed by atoms with Gasteiger partial charge >= 0.3 is 0 Å². The number of benzene rings is 1. The van der Waals surface area contributed by atoms with Gasteiger partial charge in [0.2, 0.25) is 0 Å². The molecule has 0 atom stereocenters. The largest absolute Gasteiger partial charge is 0.495 e. The second-order valence-electron chi connectivity index (χ2n) is 4.84. The Bertz CT molecular complexity index is 578. The SMILES string of the molecule is CNC(C)(C)c1cncn1-c1ccc(OC)c(Cl)c1. The van der Waals surface area contributed by atoms with E-state index in [1.54, 1.807) is 13.4 Å². The van der Waals surface area contributed by atoms with Crippen LogP contribution >= 0.6 is 11.6 Å². The van der Waals surface area contributed by atoms with Crippen LogP contribution < -0.4 is 10.1 Å². The van der Waals surface area contributed by atoms with Crippen molar-refractivity contribution in [2.45, 2.75) is 19.4 Å². The first-order valence-electron chi connectivity index (χ1n) is 6.05. The van der Waals surface area contributed by atoms with Crippen LogP contribution in [0.3, 0.4) is 0 Å². The summed E-state index contributed by atoms with van der Waals surface area (Å²) in [6.45, 7) is 4.21. The lowest BCUT2D eigenvalue weighted by atomic mass is 10.0. The third kappa shape index (κ3) is 2.60. The second kappa shape index (κ2) is 5.23. The van der Waals surface area contributed by atoms with E-state index in [1.807, 2.05) is 36.0 Å². The predicted octanol–water partition coefficient (Wildman–Crippen LogP) is 2.99. The maximum Gasteiger partial charge on any atom is 0.137 e. The number of imidazole rings is 1. The van der Waals surface area contributed by atoms with Crippen LogP contribution in [-0.2, 0) is 5.54 Å². The molecule has 2 rings (SSSR count). The van der Waals surface area contributed by atoms with E-state index in [-0.39, 0.29) is 5.54 Å². The Labute approximate surface area is 118 Å². The first-order valence-corrected chi connectivity index (χ1v) is 6.43. The van der Waals surface area contributed by atoms with Crippen molar-refractivity contribution in [1.82, 2.24) is 14.9 Å². The van der Waals surface area contributed by atoms with Gasteiger partial charge in [0.25, 0.3) is 0 Å². The van der Waals surface area contributed by atoms with Crippen molar-refractivity contribution < 1.29 is 4.74 Å². The molecule has 0 aliphatic carbocycles. The second-order valence-corrected chi connectivity index (χ2v) is 5.25. The zero-order chi connectivity index (χ0) is 14.0. The number of nitrogens with one attached hydrogen (secondary N) is 1. The van der Waals surface area contributed by atoms with E-state index in [0.29, 0.717) is 10.8 Å². The number of methoxy groups -OCH3 is 1. The lowest BCUT2D eigenvalue weighted by Crippen LogP contribution is -2.35. The van der Waals surface area contributed by atoms with Gasteiger partial charge in [-0.25, -0.2) is 4.98 Å². The van der Waals surface area contributed by atoms with Gasteiger partial charge in [-0.15, -0.1) is 0 Å². The fourth-order valence-electron chi connectivity index (χ4n) is 1.90. The molecule has 1 N–H and O–H groups in total. The predicted molar refractivity (Wildman–Crippen MR) is 77.2 cm³/mol. The molecular formula is C14H18ClN3O. The third-order valence-electron chi connectivity index (χ3n) is 3.32. The van der Waals surface area contributed by atoms with E-state index in [0.717, 1.165) is 11.4 Å². The van der Waals surface area contributed by atoms with Crippen molar-refractivity contribution >= 4 is 11.6 Å². The summed E-state index contributed by atoms with van der Waals surface area (Å²) in [7, 11) is 3.53. The van der Waals surface area contributed by atoms with Crippen LogP contribution in [0.4, 0.5) is 0 Å². The van der Waals surface area contributed by atoms with Gasteiger partial charge in [-0.2, -0.15) is 0 Å². The van der Waals surface area contributed by atoms with E-state index >= 15 is 0 Å². The van der Waals surface area contributed by atoms with Crippen molar-refractivity contribution in [3.63, 3.8) is 0 Å². The van der Waals surface area contributed by atoms with Crippen molar-refractivity contribution in [2.24, 2.45) is 0 Å². The molecular weight excluding hydrogens is 262 g/mol. The molecule has 2 aromatic rings. The molecule has 0 bridgehead atoms. The molecule has 102 valence electrons. The Hall–Kier alpha value is -1.52. The quantitative estimate of drug-likeness (QED) is 0.935. The van der Waals surface area contributed by atoms with Crippen LogP contribution in [0.1, 0.15) is 19.5 Å². The normalized spacial score (nSPS) is 11.6. The Morgan fingerprint density at radius 1 is 1.37 bits per heavy atom. The minimum Gasteiger partial charge on any atom is -0.495 e. The van der Waals surface area contributed by atoms with Gasteiger partial charge in [0.1, 0.15) is 5.75 Å². The van der Waals surface area contributed by atoms with Gasteiger partial charge in [0, 0.05) is 5.69 Å². The van der Waals surface area contributed by atoms with Crippen LogP contribution in [-0.4, -0.2) is 23.7 Å². The minimum absolute atomic E-state index is 0.178. The van der Waals surface area contributed by atoms with Gasteiger partial charge < -0.3 is 14.6 Å². The monoisotopic (exact) mass is 279 g/mol. The number of hydrogen-bond donors (Lipinski definition) is 1. The summed E-state index contributed by atoms with van der Waals surface area (Å²) in [5, 5.41) is 3.86. The van der Waals surface area contributed by atoms with E-state index in [4.69, 9.17) is 16.3 Å². The molecule has 0 spiro atoms. The van der Waals surface area contributed by atoms with Crippen LogP contribution in [0, 0.1) is 0 Å². The molecule has 0 saturated heterocycles. The molecule has 1 aromatic heterocycles. The Balaban J connectivity index is 2.49. The number of hydrogen-bond acceptors (Lipinski definition) is 3. The molecule has 1 aromatic carbocycles. The van der Waals surface area contributed by atoms with Crippen molar-refractivity contribution in [3.8, 4) is 11.4 Å². The molecule has 1 heterocycles. The maximum atomic E-state index is 6.17. The van der Waals surface area contributed by atoms with Gasteiger partial charge in [0.15, 0.2) is 0 Å². The average Bonchev–Trinajstić information content (AvgIpc) is 2.88. The lowest BCUT2D eigenvalue weighted by Gasteiger charge is -2.25. The summed E-state index contributed by atoms with van der Waals surface area (Å²) in [4.78, 5) is 4.23. The third-order valence-corrected chi connectivity index (χ3v) is 3.61. The Kier molecular flexibility index (Phi) is 3.83. The molecule has 0 amide bonds. The van der Waals surface area contributed by atoms with Crippen LogP contribution in [0.25, 0.3) is 5.69 Å². The molecule has 5 heteroatoms. The van der Waals surface area contributed by atoms with Gasteiger partial charge in [-0.05, 0) is 39.1 Å². The lowest BCUT2D eigenvalue weighted by molar-refractivity contribution is 0.414. The van der Waals surface area contributed by atoms with Gasteiger partial charge in [-0.1, -0.05) is 11.6 Å². The number of aromatic nitrogens is 2. The summed E-state index contributed by atoms with van der Waals surface area (Å²) in [5.74, 6) is 0.667. The zero-order valence-corrected chi connectivity index (χ0v) is 12.3. The van der Waals surface area contributed by atoms with Crippen molar-refractivity contribution in [2.75, 3.05) is 14.2 Å². The molecule has 19 heavy (non-hydrogen) atoms. The summed E-state index contributed by atoms with van der Waals surface area (Å²) < 4.78 is 7.18. The molecule has 0 radical (unpaired) electrons. The minimum atomic E-state index is -0.178. The number of rotatable bonds is 4. The Morgan fingerprint density at radius 3 is 2.68 bits per heavy atom. The highest BCUT2D eigenvalue weighted by atomic mass is 35.5. The molecule has 0 fully saturated rings. The summed E-state index contributed by atoms with van der Waals surface area (Å²) >= 11 is 6.17. The molecule has 0 unspecified atom stereocenters. The van der Waals surface area contributed by atoms with E-state index in [9.17, 15) is 0 Å². The molecule has 4 nitrogen and oxygen atoms in total. The van der Waals surface area contributed by atoms with E-state index in [1.165, 1.54) is 0 Å². The zero-order valence-electron chi connectivity index (χ0n) is 11.6. The van der Waals surface area contributed by atoms with Crippen LogP contribution in [0.2, 0.25) is 5.02 Å². The number of halogens is 1. The standard InChI is InChI=1S/C14H18ClN3O/c1-14(2,16-3)13-8-17-9-18(13)10-5-6-12(19-4)11(15)7-10/h5-9,16H,1-4H3. The highest BCUT2D eigenvalue weighted by Crippen LogP contribution is 2.29. The van der Waals surface area contributed by atoms with Crippen LogP contribution in [0.15, 0.2) is 30.7 Å². The Morgan fingerprint density at radius 2 is 2.11 bits per heavy atom. The maximum absolute atomic E-state index is 6.17. The first-order chi connectivity index (χ1) is 8.99. The fraction of sp³-hybridized carbons (Fsp3) is 0.357. The fourth-order valence-corrected chi connectivity index (χ4v) is 2.15. The summed E-state index contributed by atoms with van der Waals surface area (Å²) in [6, 6.07) is 5.69. The first kappa shape index (κ1) is 13.9. The molecule has 0 aliphatic heterocycles. The van der Waals surface area contributed by atoms with Gasteiger partial charge in [0.05, 0.1) is 35.9 Å². The smallest absolute Gasteiger partial charge is 0.137 e. The summed E-state index contributed by atoms with van der Waals surface area (Å²) in [6.07, 6.45) is 3.64. The number of nitrogens with zero attached hydrogens (tertiary/aromatic N) is 2. The van der Waals surface area contributed by atoms with Crippen LogP contribution in [0.5, 0.6) is 5.75 Å². The molecule has 0 aliphatic rings. The average molecular weight is 280 g/mol. The topological polar surface area (TPSA) is 39.1 Å². The van der Waals surface area contributed by atoms with Crippen molar-refractivity contribution in [3.05, 3.63) is 41.4 Å². The van der Waals surface area contributed by atoms with Gasteiger partial charge in [-0.3, -0.25) is 0 Å². The molecule has 0 saturated carbocycles. The van der Waals surface area contributed by atoms with E-state index in [2.05, 4.69) is 24.1 Å².